The van der Waals surface area contributed by atoms with Crippen molar-refractivity contribution in [2.45, 2.75) is 50.6 Å². The van der Waals surface area contributed by atoms with Gasteiger partial charge in [0.05, 0.1) is 29.3 Å². The van der Waals surface area contributed by atoms with Crippen molar-refractivity contribution >= 4 is 10.9 Å². The molecule has 1 aliphatic heterocycles. The van der Waals surface area contributed by atoms with Crippen molar-refractivity contribution in [2.24, 2.45) is 5.73 Å². The molecule has 5 aromatic rings. The Morgan fingerprint density at radius 2 is 1.64 bits per heavy atom. The second-order valence-corrected chi connectivity index (χ2v) is 10.3. The average Bonchev–Trinajstić information content (AvgIpc) is 3.35. The van der Waals surface area contributed by atoms with E-state index >= 15 is 0 Å². The van der Waals surface area contributed by atoms with Crippen LogP contribution in [0.5, 0.6) is 0 Å². The molecule has 36 heavy (non-hydrogen) atoms. The van der Waals surface area contributed by atoms with Crippen molar-refractivity contribution in [2.75, 3.05) is 0 Å². The Labute approximate surface area is 211 Å². The molecule has 1 aliphatic carbocycles. The van der Waals surface area contributed by atoms with E-state index in [2.05, 4.69) is 76.5 Å². The summed E-state index contributed by atoms with van der Waals surface area (Å²) in [7, 11) is 0. The van der Waals surface area contributed by atoms with Gasteiger partial charge in [-0.15, -0.1) is 0 Å². The number of fused-ring (bicyclic) bond motifs is 2. The fourth-order valence-electron chi connectivity index (χ4n) is 5.72. The first-order chi connectivity index (χ1) is 17.7. The Balaban J connectivity index is 1.36. The van der Waals surface area contributed by atoms with E-state index in [1.165, 1.54) is 30.5 Å². The van der Waals surface area contributed by atoms with Gasteiger partial charge in [0, 0.05) is 39.9 Å². The number of nitrogens with zero attached hydrogens (tertiary/aromatic N) is 4. The summed E-state index contributed by atoms with van der Waals surface area (Å²) in [6.07, 6.45) is 10.7. The molecule has 5 heteroatoms. The highest BCUT2D eigenvalue weighted by molar-refractivity contribution is 5.92. The van der Waals surface area contributed by atoms with Crippen molar-refractivity contribution in [1.29, 1.82) is 0 Å². The molecule has 0 radical (unpaired) electrons. The molecule has 2 aliphatic rings. The molecule has 0 saturated heterocycles. The quantitative estimate of drug-likeness (QED) is 0.325. The van der Waals surface area contributed by atoms with Gasteiger partial charge in [0.15, 0.2) is 0 Å². The molecule has 7 rings (SSSR count). The fraction of sp³-hybridized carbons (Fsp3) is 0.258. The minimum Gasteiger partial charge on any atom is -0.321 e. The summed E-state index contributed by atoms with van der Waals surface area (Å²) in [6, 6.07) is 23.7. The third-order valence-corrected chi connectivity index (χ3v) is 8.02. The number of aryl methyl sites for hydroxylation is 1. The highest BCUT2D eigenvalue weighted by Crippen LogP contribution is 2.40. The van der Waals surface area contributed by atoms with Gasteiger partial charge in [-0.05, 0) is 61.8 Å². The minimum absolute atomic E-state index is 0.162. The van der Waals surface area contributed by atoms with Crippen LogP contribution in [0.15, 0.2) is 79.1 Å². The topological polar surface area (TPSA) is 69.6 Å². The van der Waals surface area contributed by atoms with Crippen molar-refractivity contribution in [1.82, 2.24) is 19.7 Å². The van der Waals surface area contributed by atoms with Gasteiger partial charge in [0.25, 0.3) is 0 Å². The molecule has 0 bridgehead atoms. The van der Waals surface area contributed by atoms with Gasteiger partial charge in [-0.25, -0.2) is 4.98 Å². The smallest absolute Gasteiger partial charge is 0.0893 e. The predicted octanol–water partition coefficient (Wildman–Crippen LogP) is 6.50. The Bertz CT molecular complexity index is 1560. The van der Waals surface area contributed by atoms with Crippen LogP contribution in [-0.4, -0.2) is 19.7 Å². The Morgan fingerprint density at radius 3 is 2.42 bits per heavy atom. The first-order valence-electron chi connectivity index (χ1n) is 13.0. The number of pyridine rings is 2. The van der Waals surface area contributed by atoms with Crippen LogP contribution in [0.3, 0.4) is 0 Å². The lowest BCUT2D eigenvalue weighted by Crippen LogP contribution is -2.43. The van der Waals surface area contributed by atoms with Crippen LogP contribution in [0.1, 0.15) is 43.4 Å². The lowest BCUT2D eigenvalue weighted by atomic mass is 9.72. The highest BCUT2D eigenvalue weighted by atomic mass is 15.3. The maximum Gasteiger partial charge on any atom is 0.0893 e. The van der Waals surface area contributed by atoms with Crippen LogP contribution in [0.4, 0.5) is 0 Å². The van der Waals surface area contributed by atoms with Crippen LogP contribution in [0.2, 0.25) is 0 Å². The molecule has 4 heterocycles. The van der Waals surface area contributed by atoms with E-state index in [4.69, 9.17) is 15.7 Å². The summed E-state index contributed by atoms with van der Waals surface area (Å²) in [6.45, 7) is 0.996. The summed E-state index contributed by atoms with van der Waals surface area (Å²) in [5, 5.41) is 5.71. The summed E-state index contributed by atoms with van der Waals surface area (Å²) < 4.78 is 2.14. The average molecular weight is 472 g/mol. The second-order valence-electron chi connectivity index (χ2n) is 10.3. The number of nitrogens with two attached hydrogens (primary N) is 1. The largest absolute Gasteiger partial charge is 0.321 e. The van der Waals surface area contributed by atoms with Crippen molar-refractivity contribution in [3.05, 3.63) is 90.4 Å². The predicted molar refractivity (Wildman–Crippen MR) is 144 cm³/mol. The maximum atomic E-state index is 6.58. The zero-order chi connectivity index (χ0) is 24.1. The number of rotatable bonds is 4. The van der Waals surface area contributed by atoms with Crippen LogP contribution < -0.4 is 5.73 Å². The lowest BCUT2D eigenvalue weighted by Gasteiger charge is -2.38. The SMILES string of the molecule is NC1(c2ccc(-c3nc4cnc(-c5cnn6c5CCCC6)cc4cc3-c3ccccc3)cc2)CCC1. The van der Waals surface area contributed by atoms with E-state index in [1.54, 1.807) is 0 Å². The maximum absolute atomic E-state index is 6.58. The van der Waals surface area contributed by atoms with Crippen molar-refractivity contribution in [3.63, 3.8) is 0 Å². The van der Waals surface area contributed by atoms with E-state index in [0.717, 1.165) is 70.4 Å². The normalized spacial score (nSPS) is 16.5. The van der Waals surface area contributed by atoms with E-state index in [9.17, 15) is 0 Å². The number of aromatic nitrogens is 4. The molecule has 1 fully saturated rings. The summed E-state index contributed by atoms with van der Waals surface area (Å²) >= 11 is 0. The zero-order valence-corrected chi connectivity index (χ0v) is 20.3. The van der Waals surface area contributed by atoms with E-state index in [1.807, 2.05) is 12.4 Å². The Morgan fingerprint density at radius 1 is 0.806 bits per heavy atom. The molecule has 0 atom stereocenters. The molecule has 3 aromatic heterocycles. The van der Waals surface area contributed by atoms with Gasteiger partial charge in [-0.1, -0.05) is 54.6 Å². The van der Waals surface area contributed by atoms with Gasteiger partial charge >= 0.3 is 0 Å². The first-order valence-corrected chi connectivity index (χ1v) is 13.0. The van der Waals surface area contributed by atoms with Crippen LogP contribution in [0, 0.1) is 0 Å². The monoisotopic (exact) mass is 471 g/mol. The molecule has 0 amide bonds. The second kappa shape index (κ2) is 8.38. The summed E-state index contributed by atoms with van der Waals surface area (Å²) in [5.74, 6) is 0. The standard InChI is InChI=1S/C31H29N5/c32-31(14-6-15-31)24-12-10-22(11-13-24)30-25(21-7-2-1-3-8-21)17-23-18-27(33-20-28(23)35-30)26-19-34-36-16-5-4-9-29(26)36/h1-3,7-8,10-13,17-20H,4-6,9,14-16,32H2. The Hall–Kier alpha value is -3.83. The number of hydrogen-bond acceptors (Lipinski definition) is 4. The third kappa shape index (κ3) is 3.54. The number of benzene rings is 2. The molecule has 0 unspecified atom stereocenters. The van der Waals surface area contributed by atoms with Gasteiger partial charge in [-0.3, -0.25) is 9.67 Å². The lowest BCUT2D eigenvalue weighted by molar-refractivity contribution is 0.253. The van der Waals surface area contributed by atoms with Gasteiger partial charge < -0.3 is 5.73 Å². The summed E-state index contributed by atoms with van der Waals surface area (Å²) in [4.78, 5) is 9.97. The van der Waals surface area contributed by atoms with Crippen LogP contribution >= 0.6 is 0 Å². The van der Waals surface area contributed by atoms with Crippen molar-refractivity contribution in [3.8, 4) is 33.6 Å². The Kier molecular flexibility index (Phi) is 5.00. The van der Waals surface area contributed by atoms with Crippen LogP contribution in [0.25, 0.3) is 44.5 Å². The first kappa shape index (κ1) is 21.5. The van der Waals surface area contributed by atoms with Gasteiger partial charge in [-0.2, -0.15) is 5.10 Å². The van der Waals surface area contributed by atoms with E-state index in [-0.39, 0.29) is 5.54 Å². The molecular weight excluding hydrogens is 442 g/mol. The molecule has 0 spiro atoms. The molecule has 178 valence electrons. The van der Waals surface area contributed by atoms with E-state index < -0.39 is 0 Å². The summed E-state index contributed by atoms with van der Waals surface area (Å²) in [5.41, 5.74) is 16.3. The zero-order valence-electron chi connectivity index (χ0n) is 20.3. The highest BCUT2D eigenvalue weighted by Gasteiger charge is 2.34. The van der Waals surface area contributed by atoms with Gasteiger partial charge in [0.1, 0.15) is 0 Å². The molecule has 2 aromatic carbocycles. The molecular formula is C31H29N5. The van der Waals surface area contributed by atoms with Crippen molar-refractivity contribution < 1.29 is 0 Å². The third-order valence-electron chi connectivity index (χ3n) is 8.02. The molecule has 5 nitrogen and oxygen atoms in total. The van der Waals surface area contributed by atoms with Gasteiger partial charge in [0.2, 0.25) is 0 Å². The molecule has 2 N–H and O–H groups in total. The van der Waals surface area contributed by atoms with Crippen LogP contribution in [-0.2, 0) is 18.5 Å². The number of hydrogen-bond donors (Lipinski definition) is 1. The minimum atomic E-state index is -0.162. The fourth-order valence-corrected chi connectivity index (χ4v) is 5.72. The molecule has 1 saturated carbocycles. The van der Waals surface area contributed by atoms with E-state index in [0.29, 0.717) is 0 Å².